The van der Waals surface area contributed by atoms with Crippen molar-refractivity contribution in [3.8, 4) is 0 Å². The molecule has 3 heteroatoms. The van der Waals surface area contributed by atoms with Gasteiger partial charge in [0.1, 0.15) is 5.84 Å². The number of rotatable bonds is 3. The summed E-state index contributed by atoms with van der Waals surface area (Å²) in [5, 5.41) is 11.2. The van der Waals surface area contributed by atoms with E-state index in [0.29, 0.717) is 5.84 Å². The first kappa shape index (κ1) is 12.7. The van der Waals surface area contributed by atoms with Crippen molar-refractivity contribution in [3.63, 3.8) is 0 Å². The molecule has 0 radical (unpaired) electrons. The molecule has 0 amide bonds. The number of anilines is 1. The molecule has 0 fully saturated rings. The highest BCUT2D eigenvalue weighted by Crippen LogP contribution is 2.22. The van der Waals surface area contributed by atoms with Crippen molar-refractivity contribution >= 4 is 23.3 Å². The maximum Gasteiger partial charge on any atom is 0.129 e. The number of thioether (sulfide) groups is 1. The second-order valence-electron chi connectivity index (χ2n) is 4.05. The zero-order valence-electron chi connectivity index (χ0n) is 10.5. The van der Waals surface area contributed by atoms with E-state index in [0.717, 1.165) is 16.8 Å². The molecule has 18 heavy (non-hydrogen) atoms. The molecule has 0 saturated heterocycles. The van der Waals surface area contributed by atoms with Crippen molar-refractivity contribution in [1.29, 1.82) is 5.41 Å². The third kappa shape index (κ3) is 2.93. The molecule has 0 aliphatic carbocycles. The molecule has 0 aromatic heterocycles. The van der Waals surface area contributed by atoms with Crippen LogP contribution in [0.25, 0.3) is 0 Å². The Balaban J connectivity index is 2.17. The van der Waals surface area contributed by atoms with Crippen molar-refractivity contribution in [1.82, 2.24) is 0 Å². The summed E-state index contributed by atoms with van der Waals surface area (Å²) in [4.78, 5) is 1.24. The Morgan fingerprint density at radius 2 is 1.83 bits per heavy atom. The topological polar surface area (TPSA) is 35.9 Å². The second-order valence-corrected chi connectivity index (χ2v) is 4.93. The highest BCUT2D eigenvalue weighted by Gasteiger charge is 2.04. The zero-order chi connectivity index (χ0) is 13.0. The van der Waals surface area contributed by atoms with Gasteiger partial charge in [0.15, 0.2) is 0 Å². The van der Waals surface area contributed by atoms with Gasteiger partial charge in [0.05, 0.1) is 0 Å². The van der Waals surface area contributed by atoms with E-state index in [9.17, 15) is 0 Å². The number of hydrogen-bond acceptors (Lipinski definition) is 2. The lowest BCUT2D eigenvalue weighted by Gasteiger charge is -2.11. The summed E-state index contributed by atoms with van der Waals surface area (Å²) in [6.07, 6.45) is 2.06. The lowest BCUT2D eigenvalue weighted by molar-refractivity contribution is 1.34. The highest BCUT2D eigenvalue weighted by molar-refractivity contribution is 7.98. The van der Waals surface area contributed by atoms with E-state index in [-0.39, 0.29) is 0 Å². The number of nitrogens with one attached hydrogen (secondary N) is 2. The Bertz CT molecular complexity index is 550. The smallest absolute Gasteiger partial charge is 0.129 e. The van der Waals surface area contributed by atoms with Crippen LogP contribution in [0, 0.1) is 12.3 Å². The molecule has 0 bridgehead atoms. The molecule has 92 valence electrons. The van der Waals surface area contributed by atoms with Crippen LogP contribution in [0.4, 0.5) is 5.69 Å². The van der Waals surface area contributed by atoms with Crippen LogP contribution < -0.4 is 5.32 Å². The van der Waals surface area contributed by atoms with Gasteiger partial charge in [-0.1, -0.05) is 30.3 Å². The van der Waals surface area contributed by atoms with Gasteiger partial charge in [-0.3, -0.25) is 5.41 Å². The molecular formula is C15H16N2S. The Hall–Kier alpha value is -1.74. The first-order chi connectivity index (χ1) is 8.70. The Morgan fingerprint density at radius 1 is 1.11 bits per heavy atom. The lowest BCUT2D eigenvalue weighted by Crippen LogP contribution is -2.12. The van der Waals surface area contributed by atoms with E-state index >= 15 is 0 Å². The van der Waals surface area contributed by atoms with Crippen LogP contribution in [0.5, 0.6) is 0 Å². The van der Waals surface area contributed by atoms with E-state index in [1.807, 2.05) is 36.4 Å². The zero-order valence-corrected chi connectivity index (χ0v) is 11.3. The van der Waals surface area contributed by atoms with Crippen LogP contribution in [0.15, 0.2) is 53.4 Å². The van der Waals surface area contributed by atoms with E-state index < -0.39 is 0 Å². The van der Waals surface area contributed by atoms with Gasteiger partial charge in [0.2, 0.25) is 0 Å². The minimum absolute atomic E-state index is 0.426. The summed E-state index contributed by atoms with van der Waals surface area (Å²) in [5.41, 5.74) is 3.04. The van der Waals surface area contributed by atoms with Crippen molar-refractivity contribution in [2.75, 3.05) is 11.6 Å². The fraction of sp³-hybridized carbons (Fsp3) is 0.133. The van der Waals surface area contributed by atoms with Crippen molar-refractivity contribution in [2.45, 2.75) is 11.8 Å². The van der Waals surface area contributed by atoms with Crippen LogP contribution in [0.3, 0.4) is 0 Å². The number of amidine groups is 1. The van der Waals surface area contributed by atoms with Gasteiger partial charge in [0, 0.05) is 16.1 Å². The largest absolute Gasteiger partial charge is 0.340 e. The first-order valence-corrected chi connectivity index (χ1v) is 6.99. The first-order valence-electron chi connectivity index (χ1n) is 5.76. The summed E-state index contributed by atoms with van der Waals surface area (Å²) < 4.78 is 0. The molecule has 2 N–H and O–H groups in total. The number of benzene rings is 2. The maximum atomic E-state index is 8.05. The van der Waals surface area contributed by atoms with Gasteiger partial charge in [-0.25, -0.2) is 0 Å². The quantitative estimate of drug-likeness (QED) is 0.491. The van der Waals surface area contributed by atoms with Gasteiger partial charge in [-0.2, -0.15) is 0 Å². The average molecular weight is 256 g/mol. The summed E-state index contributed by atoms with van der Waals surface area (Å²) in [6, 6.07) is 15.9. The molecule has 2 aromatic rings. The van der Waals surface area contributed by atoms with E-state index in [2.05, 4.69) is 30.6 Å². The summed E-state index contributed by atoms with van der Waals surface area (Å²) in [7, 11) is 0. The van der Waals surface area contributed by atoms with E-state index in [1.54, 1.807) is 11.8 Å². The summed E-state index contributed by atoms with van der Waals surface area (Å²) in [5.74, 6) is 0.426. The fourth-order valence-electron chi connectivity index (χ4n) is 1.72. The van der Waals surface area contributed by atoms with Crippen molar-refractivity contribution in [3.05, 3.63) is 59.7 Å². The molecule has 0 atom stereocenters. The molecular weight excluding hydrogens is 240 g/mol. The number of aryl methyl sites for hydroxylation is 1. The third-order valence-electron chi connectivity index (χ3n) is 2.76. The van der Waals surface area contributed by atoms with Gasteiger partial charge < -0.3 is 5.32 Å². The molecule has 0 unspecified atom stereocenters. The van der Waals surface area contributed by atoms with Crippen LogP contribution in [-0.2, 0) is 0 Å². The average Bonchev–Trinajstić information content (AvgIpc) is 2.42. The molecule has 2 aromatic carbocycles. The molecule has 0 spiro atoms. The lowest BCUT2D eigenvalue weighted by atomic mass is 10.1. The van der Waals surface area contributed by atoms with Crippen molar-refractivity contribution in [2.24, 2.45) is 0 Å². The Labute approximate surface area is 112 Å². The predicted molar refractivity (Wildman–Crippen MR) is 79.9 cm³/mol. The minimum Gasteiger partial charge on any atom is -0.340 e. The van der Waals surface area contributed by atoms with Gasteiger partial charge in [-0.15, -0.1) is 11.8 Å². The molecule has 0 heterocycles. The van der Waals surface area contributed by atoms with E-state index in [1.165, 1.54) is 4.90 Å². The normalized spacial score (nSPS) is 10.1. The second kappa shape index (κ2) is 5.74. The summed E-state index contributed by atoms with van der Waals surface area (Å²) in [6.45, 7) is 2.06. The molecule has 0 saturated carbocycles. The predicted octanol–water partition coefficient (Wildman–Crippen LogP) is 4.15. The Kier molecular flexibility index (Phi) is 4.05. The molecule has 0 aliphatic heterocycles. The summed E-state index contributed by atoms with van der Waals surface area (Å²) >= 11 is 1.73. The van der Waals surface area contributed by atoms with Gasteiger partial charge in [-0.05, 0) is 36.9 Å². The molecule has 0 aliphatic rings. The maximum absolute atomic E-state index is 8.05. The van der Waals surface area contributed by atoms with E-state index in [4.69, 9.17) is 5.41 Å². The van der Waals surface area contributed by atoms with Crippen LogP contribution in [0.2, 0.25) is 0 Å². The Morgan fingerprint density at radius 3 is 2.44 bits per heavy atom. The molecule has 2 rings (SSSR count). The fourth-order valence-corrected chi connectivity index (χ4v) is 2.21. The molecule has 2 nitrogen and oxygen atoms in total. The number of hydrogen-bond donors (Lipinski definition) is 2. The minimum atomic E-state index is 0.426. The SMILES string of the molecule is CSc1ccc(NC(=N)c2ccccc2)c(C)c1. The van der Waals surface area contributed by atoms with Crippen LogP contribution in [-0.4, -0.2) is 12.1 Å². The monoisotopic (exact) mass is 256 g/mol. The van der Waals surface area contributed by atoms with Gasteiger partial charge >= 0.3 is 0 Å². The van der Waals surface area contributed by atoms with Crippen molar-refractivity contribution < 1.29 is 0 Å². The van der Waals surface area contributed by atoms with Crippen LogP contribution >= 0.6 is 11.8 Å². The highest BCUT2D eigenvalue weighted by atomic mass is 32.2. The van der Waals surface area contributed by atoms with Gasteiger partial charge in [0.25, 0.3) is 0 Å². The third-order valence-corrected chi connectivity index (χ3v) is 3.48. The standard InChI is InChI=1S/C15H16N2S/c1-11-10-13(18-2)8-9-14(11)17-15(16)12-6-4-3-5-7-12/h3-10H,1-2H3,(H2,16,17). The van der Waals surface area contributed by atoms with Crippen LogP contribution in [0.1, 0.15) is 11.1 Å².